The number of hydrogen-bond acceptors (Lipinski definition) is 2. The van der Waals surface area contributed by atoms with Crippen LogP contribution in [0.25, 0.3) is 5.57 Å². The van der Waals surface area contributed by atoms with Crippen LogP contribution in [-0.4, -0.2) is 12.6 Å². The lowest BCUT2D eigenvalue weighted by Crippen LogP contribution is -2.34. The molecule has 0 fully saturated rings. The van der Waals surface area contributed by atoms with Gasteiger partial charge in [0.15, 0.2) is 0 Å². The number of fused-ring (bicyclic) bond motifs is 1. The van der Waals surface area contributed by atoms with Gasteiger partial charge in [0.2, 0.25) is 0 Å². The van der Waals surface area contributed by atoms with E-state index in [1.54, 1.807) is 7.11 Å². The lowest BCUT2D eigenvalue weighted by molar-refractivity contribution is 0.414. The number of hydrogen-bond donors (Lipinski definition) is 1. The fraction of sp³-hybridized carbons (Fsp3) is 0.429. The molecule has 0 unspecified atom stereocenters. The number of methoxy groups -OCH3 is 1. The van der Waals surface area contributed by atoms with Gasteiger partial charge in [0.25, 0.3) is 0 Å². The van der Waals surface area contributed by atoms with Crippen LogP contribution in [0, 0.1) is 0 Å². The summed E-state index contributed by atoms with van der Waals surface area (Å²) < 4.78 is 5.25. The molecule has 0 aromatic heterocycles. The van der Waals surface area contributed by atoms with Crippen LogP contribution in [0.5, 0.6) is 5.75 Å². The number of benzene rings is 1. The molecule has 0 radical (unpaired) electrons. The van der Waals surface area contributed by atoms with Crippen LogP contribution < -0.4 is 10.5 Å². The van der Waals surface area contributed by atoms with Crippen LogP contribution in [0.1, 0.15) is 31.4 Å². The minimum absolute atomic E-state index is 0.274. The van der Waals surface area contributed by atoms with Crippen molar-refractivity contribution in [3.63, 3.8) is 0 Å². The van der Waals surface area contributed by atoms with Gasteiger partial charge in [-0.1, -0.05) is 12.1 Å². The Morgan fingerprint density at radius 2 is 2.06 bits per heavy atom. The number of rotatable bonds is 2. The van der Waals surface area contributed by atoms with Gasteiger partial charge in [-0.05, 0) is 55.5 Å². The van der Waals surface area contributed by atoms with E-state index < -0.39 is 0 Å². The normalized spacial score (nSPS) is 15.4. The van der Waals surface area contributed by atoms with Crippen molar-refractivity contribution >= 4 is 5.57 Å². The third-order valence-electron chi connectivity index (χ3n) is 3.06. The highest BCUT2D eigenvalue weighted by Gasteiger charge is 2.23. The summed E-state index contributed by atoms with van der Waals surface area (Å²) in [6.07, 6.45) is 4.40. The van der Waals surface area contributed by atoms with Crippen LogP contribution in [0.2, 0.25) is 0 Å². The van der Waals surface area contributed by atoms with Gasteiger partial charge in [0.05, 0.1) is 7.11 Å². The largest absolute Gasteiger partial charge is 0.497 e. The highest BCUT2D eigenvalue weighted by atomic mass is 16.5. The van der Waals surface area contributed by atoms with Crippen molar-refractivity contribution in [2.75, 3.05) is 7.11 Å². The first kappa shape index (κ1) is 11.2. The molecule has 2 rings (SSSR count). The summed E-state index contributed by atoms with van der Waals surface area (Å²) in [7, 11) is 1.70. The first-order valence-corrected chi connectivity index (χ1v) is 5.69. The van der Waals surface area contributed by atoms with Crippen LogP contribution in [0.4, 0.5) is 0 Å². The van der Waals surface area contributed by atoms with Gasteiger partial charge < -0.3 is 10.5 Å². The van der Waals surface area contributed by atoms with Crippen molar-refractivity contribution in [1.29, 1.82) is 0 Å². The van der Waals surface area contributed by atoms with Gasteiger partial charge in [0.1, 0.15) is 5.75 Å². The van der Waals surface area contributed by atoms with Crippen molar-refractivity contribution in [2.24, 2.45) is 5.73 Å². The second kappa shape index (κ2) is 3.95. The fourth-order valence-electron chi connectivity index (χ4n) is 2.26. The van der Waals surface area contributed by atoms with Gasteiger partial charge in [0, 0.05) is 5.54 Å². The molecule has 0 atom stereocenters. The van der Waals surface area contributed by atoms with E-state index in [1.165, 1.54) is 16.7 Å². The molecule has 0 heterocycles. The van der Waals surface area contributed by atoms with E-state index in [0.717, 1.165) is 18.6 Å². The molecule has 86 valence electrons. The van der Waals surface area contributed by atoms with Gasteiger partial charge in [-0.15, -0.1) is 0 Å². The third kappa shape index (κ3) is 1.98. The van der Waals surface area contributed by atoms with Crippen LogP contribution >= 0.6 is 0 Å². The molecule has 0 spiro atoms. The molecule has 0 saturated carbocycles. The standard InChI is InChI=1S/C14H19NO/c1-14(2,15)13-6-4-5-10-9-11(16-3)7-8-12(10)13/h6-9H,4-5,15H2,1-3H3. The van der Waals surface area contributed by atoms with Crippen LogP contribution in [0.15, 0.2) is 24.3 Å². The quantitative estimate of drug-likeness (QED) is 0.826. The number of ether oxygens (including phenoxy) is 1. The van der Waals surface area contributed by atoms with Gasteiger partial charge >= 0.3 is 0 Å². The zero-order valence-corrected chi connectivity index (χ0v) is 10.2. The van der Waals surface area contributed by atoms with Crippen LogP contribution in [0.3, 0.4) is 0 Å². The van der Waals surface area contributed by atoms with Crippen molar-refractivity contribution in [1.82, 2.24) is 0 Å². The summed E-state index contributed by atoms with van der Waals surface area (Å²) in [4.78, 5) is 0. The zero-order valence-electron chi connectivity index (χ0n) is 10.2. The molecule has 2 heteroatoms. The average Bonchev–Trinajstić information content (AvgIpc) is 2.26. The zero-order chi connectivity index (χ0) is 11.8. The molecule has 1 aliphatic rings. The highest BCUT2D eigenvalue weighted by Crippen LogP contribution is 2.34. The highest BCUT2D eigenvalue weighted by molar-refractivity contribution is 5.76. The molecule has 0 aliphatic heterocycles. The first-order chi connectivity index (χ1) is 7.52. The Bertz CT molecular complexity index is 427. The predicted molar refractivity (Wildman–Crippen MR) is 67.6 cm³/mol. The Hall–Kier alpha value is -1.28. The molecular formula is C14H19NO. The maximum absolute atomic E-state index is 6.20. The summed E-state index contributed by atoms with van der Waals surface area (Å²) in [5, 5.41) is 0. The van der Waals surface area contributed by atoms with Gasteiger partial charge in [-0.2, -0.15) is 0 Å². The molecule has 2 nitrogen and oxygen atoms in total. The van der Waals surface area contributed by atoms with Crippen molar-refractivity contribution in [2.45, 2.75) is 32.2 Å². The van der Waals surface area contributed by atoms with E-state index in [-0.39, 0.29) is 5.54 Å². The summed E-state index contributed by atoms with van der Waals surface area (Å²) >= 11 is 0. The van der Waals surface area contributed by atoms with Gasteiger partial charge in [-0.3, -0.25) is 0 Å². The minimum Gasteiger partial charge on any atom is -0.497 e. The molecule has 1 aliphatic carbocycles. The SMILES string of the molecule is COc1ccc2c(c1)CCC=C2C(C)(C)N. The maximum atomic E-state index is 6.20. The van der Waals surface area contributed by atoms with Crippen molar-refractivity contribution in [3.05, 3.63) is 35.4 Å². The Morgan fingerprint density at radius 3 is 2.69 bits per heavy atom. The lowest BCUT2D eigenvalue weighted by Gasteiger charge is -2.28. The molecule has 0 amide bonds. The molecule has 1 aromatic rings. The van der Waals surface area contributed by atoms with E-state index >= 15 is 0 Å². The maximum Gasteiger partial charge on any atom is 0.119 e. The molecule has 16 heavy (non-hydrogen) atoms. The molecule has 0 saturated heterocycles. The second-order valence-corrected chi connectivity index (χ2v) is 4.90. The number of aryl methyl sites for hydroxylation is 1. The monoisotopic (exact) mass is 217 g/mol. The van der Waals surface area contributed by atoms with E-state index in [4.69, 9.17) is 10.5 Å². The summed E-state index contributed by atoms with van der Waals surface area (Å²) in [5.41, 5.74) is 9.79. The topological polar surface area (TPSA) is 35.2 Å². The number of allylic oxidation sites excluding steroid dienone is 1. The van der Waals surface area contributed by atoms with E-state index in [2.05, 4.69) is 32.1 Å². The first-order valence-electron chi connectivity index (χ1n) is 5.69. The predicted octanol–water partition coefficient (Wildman–Crippen LogP) is 2.76. The summed E-state index contributed by atoms with van der Waals surface area (Å²) in [6, 6.07) is 6.24. The van der Waals surface area contributed by atoms with Crippen LogP contribution in [-0.2, 0) is 6.42 Å². The molecule has 2 N–H and O–H groups in total. The smallest absolute Gasteiger partial charge is 0.119 e. The second-order valence-electron chi connectivity index (χ2n) is 4.90. The summed E-state index contributed by atoms with van der Waals surface area (Å²) in [5.74, 6) is 0.926. The van der Waals surface area contributed by atoms with E-state index in [0.29, 0.717) is 0 Å². The lowest BCUT2D eigenvalue weighted by atomic mass is 9.81. The molecule has 0 bridgehead atoms. The average molecular weight is 217 g/mol. The summed E-state index contributed by atoms with van der Waals surface area (Å²) in [6.45, 7) is 4.11. The van der Waals surface area contributed by atoms with E-state index in [9.17, 15) is 0 Å². The number of nitrogens with two attached hydrogens (primary N) is 1. The Morgan fingerprint density at radius 1 is 1.31 bits per heavy atom. The van der Waals surface area contributed by atoms with Gasteiger partial charge in [-0.25, -0.2) is 0 Å². The third-order valence-corrected chi connectivity index (χ3v) is 3.06. The minimum atomic E-state index is -0.274. The Balaban J connectivity index is 2.47. The van der Waals surface area contributed by atoms with Crippen molar-refractivity contribution in [3.8, 4) is 5.75 Å². The van der Waals surface area contributed by atoms with Crippen molar-refractivity contribution < 1.29 is 4.74 Å². The molecule has 1 aromatic carbocycles. The Labute approximate surface area is 97.1 Å². The fourth-order valence-corrected chi connectivity index (χ4v) is 2.26. The van der Waals surface area contributed by atoms with E-state index in [1.807, 2.05) is 6.07 Å². The molecular weight excluding hydrogens is 198 g/mol. The Kier molecular flexibility index (Phi) is 2.76.